The van der Waals surface area contributed by atoms with E-state index in [1.54, 1.807) is 24.3 Å². The number of primary amides is 1. The molecule has 0 unspecified atom stereocenters. The van der Waals surface area contributed by atoms with Gasteiger partial charge < -0.3 is 20.9 Å². The molecule has 0 aliphatic heterocycles. The lowest BCUT2D eigenvalue weighted by Crippen LogP contribution is -2.28. The summed E-state index contributed by atoms with van der Waals surface area (Å²) >= 11 is 0. The predicted octanol–water partition coefficient (Wildman–Crippen LogP) is 4.08. The van der Waals surface area contributed by atoms with Crippen molar-refractivity contribution in [2.45, 2.75) is 40.0 Å². The number of nitrogens with zero attached hydrogens (tertiary/aromatic N) is 1. The molecule has 3 amide bonds. The van der Waals surface area contributed by atoms with Gasteiger partial charge >= 0.3 is 0 Å². The Morgan fingerprint density at radius 3 is 2.24 bits per heavy atom. The van der Waals surface area contributed by atoms with Gasteiger partial charge in [-0.05, 0) is 55.7 Å². The van der Waals surface area contributed by atoms with E-state index in [4.69, 9.17) is 5.73 Å². The Morgan fingerprint density at radius 2 is 1.61 bits per heavy atom. The van der Waals surface area contributed by atoms with Crippen molar-refractivity contribution in [1.82, 2.24) is 9.88 Å². The van der Waals surface area contributed by atoms with E-state index in [0.717, 1.165) is 17.1 Å². The highest BCUT2D eigenvalue weighted by atomic mass is 16.2. The second-order valence-electron chi connectivity index (χ2n) is 8.34. The summed E-state index contributed by atoms with van der Waals surface area (Å²) in [5.74, 6) is -0.736. The molecule has 0 spiro atoms. The second kappa shape index (κ2) is 10.2. The molecule has 3 rings (SSSR count). The lowest BCUT2D eigenvalue weighted by molar-refractivity contribution is -0.117. The minimum absolute atomic E-state index is 0.0460. The zero-order chi connectivity index (χ0) is 24.1. The fraction of sp³-hybridized carbons (Fsp3) is 0.269. The lowest BCUT2D eigenvalue weighted by atomic mass is 10.0. The van der Waals surface area contributed by atoms with Crippen molar-refractivity contribution in [3.63, 3.8) is 0 Å². The fourth-order valence-electron chi connectivity index (χ4n) is 3.77. The molecule has 4 N–H and O–H groups in total. The van der Waals surface area contributed by atoms with Gasteiger partial charge in [-0.2, -0.15) is 0 Å². The Bertz CT molecular complexity index is 1180. The highest BCUT2D eigenvalue weighted by Crippen LogP contribution is 2.24. The summed E-state index contributed by atoms with van der Waals surface area (Å²) in [6.45, 7) is 8.30. The van der Waals surface area contributed by atoms with Crippen molar-refractivity contribution in [3.8, 4) is 5.69 Å². The van der Waals surface area contributed by atoms with Crippen molar-refractivity contribution in [1.29, 1.82) is 0 Å². The Kier molecular flexibility index (Phi) is 7.33. The van der Waals surface area contributed by atoms with E-state index in [-0.39, 0.29) is 24.8 Å². The molecule has 0 fully saturated rings. The molecule has 1 heterocycles. The maximum absolute atomic E-state index is 13.1. The van der Waals surface area contributed by atoms with Crippen LogP contribution in [0, 0.1) is 13.8 Å². The van der Waals surface area contributed by atoms with Gasteiger partial charge in [-0.1, -0.05) is 38.1 Å². The van der Waals surface area contributed by atoms with Gasteiger partial charge in [0.2, 0.25) is 5.91 Å². The predicted molar refractivity (Wildman–Crippen MR) is 130 cm³/mol. The molecule has 0 bridgehead atoms. The number of hydrogen-bond donors (Lipinski definition) is 3. The molecule has 33 heavy (non-hydrogen) atoms. The van der Waals surface area contributed by atoms with Crippen LogP contribution in [0.4, 0.5) is 5.69 Å². The Labute approximate surface area is 194 Å². The highest BCUT2D eigenvalue weighted by molar-refractivity contribution is 6.09. The number of rotatable bonds is 8. The third kappa shape index (κ3) is 5.49. The number of aryl methyl sites for hydroxylation is 1. The fourth-order valence-corrected chi connectivity index (χ4v) is 3.77. The Balaban J connectivity index is 1.83. The van der Waals surface area contributed by atoms with E-state index in [1.165, 1.54) is 5.56 Å². The van der Waals surface area contributed by atoms with Gasteiger partial charge in [0.05, 0.1) is 16.8 Å². The first-order valence-electron chi connectivity index (χ1n) is 10.9. The van der Waals surface area contributed by atoms with Crippen LogP contribution < -0.4 is 16.4 Å². The SMILES string of the molecule is Cc1cc(C(=O)Nc2ccccc2C(=O)NCCC(N)=O)c(C)n1-c1ccc(C(C)C)cc1. The van der Waals surface area contributed by atoms with Gasteiger partial charge in [0.25, 0.3) is 11.8 Å². The number of aromatic nitrogens is 1. The molecule has 3 aromatic rings. The summed E-state index contributed by atoms with van der Waals surface area (Å²) < 4.78 is 2.04. The molecule has 2 aromatic carbocycles. The summed E-state index contributed by atoms with van der Waals surface area (Å²) in [6.07, 6.45) is 0.0460. The molecule has 172 valence electrons. The molecule has 0 aliphatic carbocycles. The zero-order valence-electron chi connectivity index (χ0n) is 19.4. The number of carbonyl (C=O) groups is 3. The summed E-state index contributed by atoms with van der Waals surface area (Å²) in [7, 11) is 0. The molecular weight excluding hydrogens is 416 g/mol. The first kappa shape index (κ1) is 23.8. The van der Waals surface area contributed by atoms with E-state index in [1.807, 2.05) is 24.5 Å². The largest absolute Gasteiger partial charge is 0.370 e. The average molecular weight is 447 g/mol. The third-order valence-corrected chi connectivity index (χ3v) is 5.57. The summed E-state index contributed by atoms with van der Waals surface area (Å²) in [5, 5.41) is 5.51. The van der Waals surface area contributed by atoms with Gasteiger partial charge in [0.1, 0.15) is 0 Å². The molecule has 1 aromatic heterocycles. The summed E-state index contributed by atoms with van der Waals surface area (Å²) in [5.41, 5.74) is 10.3. The number of amides is 3. The molecule has 0 atom stereocenters. The molecule has 7 heteroatoms. The number of para-hydroxylation sites is 1. The molecule has 0 radical (unpaired) electrons. The maximum Gasteiger partial charge on any atom is 0.257 e. The summed E-state index contributed by atoms with van der Waals surface area (Å²) in [4.78, 5) is 36.6. The molecule has 0 aliphatic rings. The van der Waals surface area contributed by atoms with Gasteiger partial charge in [-0.15, -0.1) is 0 Å². The van der Waals surface area contributed by atoms with Crippen LogP contribution in [0.5, 0.6) is 0 Å². The van der Waals surface area contributed by atoms with E-state index < -0.39 is 5.91 Å². The van der Waals surface area contributed by atoms with Crippen molar-refractivity contribution in [3.05, 3.63) is 82.7 Å². The van der Waals surface area contributed by atoms with Crippen LogP contribution in [0.2, 0.25) is 0 Å². The van der Waals surface area contributed by atoms with E-state index in [9.17, 15) is 14.4 Å². The van der Waals surface area contributed by atoms with E-state index in [2.05, 4.69) is 48.7 Å². The number of anilines is 1. The second-order valence-corrected chi connectivity index (χ2v) is 8.34. The van der Waals surface area contributed by atoms with Crippen molar-refractivity contribution in [2.24, 2.45) is 5.73 Å². The Hall–Kier alpha value is -3.87. The monoisotopic (exact) mass is 446 g/mol. The number of carbonyl (C=O) groups excluding carboxylic acids is 3. The van der Waals surface area contributed by atoms with Crippen LogP contribution in [0.3, 0.4) is 0 Å². The minimum Gasteiger partial charge on any atom is -0.370 e. The van der Waals surface area contributed by atoms with Crippen molar-refractivity contribution in [2.75, 3.05) is 11.9 Å². The van der Waals surface area contributed by atoms with Crippen LogP contribution >= 0.6 is 0 Å². The topological polar surface area (TPSA) is 106 Å². The highest BCUT2D eigenvalue weighted by Gasteiger charge is 2.19. The molecule has 0 saturated heterocycles. The Morgan fingerprint density at radius 1 is 0.939 bits per heavy atom. The minimum atomic E-state index is -0.494. The number of nitrogens with one attached hydrogen (secondary N) is 2. The third-order valence-electron chi connectivity index (χ3n) is 5.57. The molecule has 0 saturated carbocycles. The lowest BCUT2D eigenvalue weighted by Gasteiger charge is -2.13. The van der Waals surface area contributed by atoms with Crippen LogP contribution in [0.25, 0.3) is 5.69 Å². The molecule has 7 nitrogen and oxygen atoms in total. The van der Waals surface area contributed by atoms with Gasteiger partial charge in [-0.25, -0.2) is 0 Å². The van der Waals surface area contributed by atoms with E-state index in [0.29, 0.717) is 22.7 Å². The normalized spacial score (nSPS) is 10.8. The maximum atomic E-state index is 13.1. The summed E-state index contributed by atoms with van der Waals surface area (Å²) in [6, 6.07) is 16.9. The number of hydrogen-bond acceptors (Lipinski definition) is 3. The first-order valence-corrected chi connectivity index (χ1v) is 10.9. The standard InChI is InChI=1S/C26H30N4O3/c1-16(2)19-9-11-20(12-10-19)30-17(3)15-22(18(30)4)26(33)29-23-8-6-5-7-21(23)25(32)28-14-13-24(27)31/h5-12,15-16H,13-14H2,1-4H3,(H2,27,31)(H,28,32)(H,29,33). The van der Waals surface area contributed by atoms with Gasteiger partial charge in [0.15, 0.2) is 0 Å². The van der Waals surface area contributed by atoms with Gasteiger partial charge in [0, 0.05) is 30.0 Å². The average Bonchev–Trinajstić information content (AvgIpc) is 3.07. The van der Waals surface area contributed by atoms with Crippen LogP contribution in [0.1, 0.15) is 63.9 Å². The zero-order valence-corrected chi connectivity index (χ0v) is 19.4. The van der Waals surface area contributed by atoms with Gasteiger partial charge in [-0.3, -0.25) is 14.4 Å². The number of nitrogens with two attached hydrogens (primary N) is 1. The van der Waals surface area contributed by atoms with Crippen molar-refractivity contribution >= 4 is 23.4 Å². The van der Waals surface area contributed by atoms with E-state index >= 15 is 0 Å². The first-order chi connectivity index (χ1) is 15.7. The van der Waals surface area contributed by atoms with Crippen LogP contribution in [-0.4, -0.2) is 28.8 Å². The molecular formula is C26H30N4O3. The quantitative estimate of drug-likeness (QED) is 0.485. The number of benzene rings is 2. The van der Waals surface area contributed by atoms with Crippen LogP contribution in [0.15, 0.2) is 54.6 Å². The van der Waals surface area contributed by atoms with Crippen LogP contribution in [-0.2, 0) is 4.79 Å². The van der Waals surface area contributed by atoms with Crippen molar-refractivity contribution < 1.29 is 14.4 Å². The smallest absolute Gasteiger partial charge is 0.257 e.